The van der Waals surface area contributed by atoms with E-state index in [-0.39, 0.29) is 22.8 Å². The number of amides is 1. The van der Waals surface area contributed by atoms with E-state index in [9.17, 15) is 21.6 Å². The Morgan fingerprint density at radius 1 is 0.967 bits per heavy atom. The molecule has 0 saturated carbocycles. The van der Waals surface area contributed by atoms with Crippen LogP contribution in [0.1, 0.15) is 12.0 Å². The maximum atomic E-state index is 12.5. The Labute approximate surface area is 175 Å². The maximum absolute atomic E-state index is 12.5. The molecule has 1 atom stereocenters. The molecule has 12 heteroatoms. The molecule has 0 heterocycles. The van der Waals surface area contributed by atoms with E-state index in [2.05, 4.69) is 9.44 Å². The van der Waals surface area contributed by atoms with Gasteiger partial charge < -0.3 is 4.74 Å². The lowest BCUT2D eigenvalue weighted by Crippen LogP contribution is -2.47. The third kappa shape index (κ3) is 6.24. The molecule has 2 aromatic rings. The minimum Gasteiger partial charge on any atom is -0.497 e. The van der Waals surface area contributed by atoms with E-state index in [1.165, 1.54) is 49.0 Å². The number of hydroxylamine groups is 1. The van der Waals surface area contributed by atoms with Gasteiger partial charge in [0.05, 0.1) is 16.9 Å². The Hall–Kier alpha value is -2.51. The van der Waals surface area contributed by atoms with E-state index in [0.29, 0.717) is 5.75 Å². The number of sulfonamides is 2. The van der Waals surface area contributed by atoms with Crippen molar-refractivity contribution in [2.24, 2.45) is 0 Å². The predicted molar refractivity (Wildman–Crippen MR) is 108 cm³/mol. The summed E-state index contributed by atoms with van der Waals surface area (Å²) in [5, 5.41) is 8.91. The fourth-order valence-corrected chi connectivity index (χ4v) is 4.75. The topological polar surface area (TPSA) is 151 Å². The molecule has 0 radical (unpaired) electrons. The summed E-state index contributed by atoms with van der Waals surface area (Å²) in [7, 11) is -6.51. The first-order valence-corrected chi connectivity index (χ1v) is 11.7. The molecule has 0 aliphatic heterocycles. The number of aryl methyl sites for hydroxylation is 1. The Morgan fingerprint density at radius 3 is 2.03 bits per heavy atom. The lowest BCUT2D eigenvalue weighted by molar-refractivity contribution is -0.131. The molecule has 164 valence electrons. The third-order valence-electron chi connectivity index (χ3n) is 4.15. The molecule has 0 saturated heterocycles. The fourth-order valence-electron chi connectivity index (χ4n) is 2.47. The Morgan fingerprint density at radius 2 is 1.50 bits per heavy atom. The van der Waals surface area contributed by atoms with Crippen LogP contribution in [0.15, 0.2) is 58.3 Å². The number of hydrogen-bond donors (Lipinski definition) is 4. The number of hydrogen-bond acceptors (Lipinski definition) is 7. The first-order valence-electron chi connectivity index (χ1n) is 8.76. The number of nitrogens with one attached hydrogen (secondary N) is 3. The van der Waals surface area contributed by atoms with Crippen molar-refractivity contribution >= 4 is 26.0 Å². The third-order valence-corrected chi connectivity index (χ3v) is 7.11. The number of rotatable bonds is 10. The zero-order valence-corrected chi connectivity index (χ0v) is 18.0. The van der Waals surface area contributed by atoms with Crippen LogP contribution < -0.4 is 19.7 Å². The van der Waals surface area contributed by atoms with E-state index in [1.807, 2.05) is 0 Å². The average Bonchev–Trinajstić information content (AvgIpc) is 2.72. The van der Waals surface area contributed by atoms with E-state index in [4.69, 9.17) is 9.94 Å². The lowest BCUT2D eigenvalue weighted by atomic mass is 10.2. The largest absolute Gasteiger partial charge is 0.497 e. The van der Waals surface area contributed by atoms with Gasteiger partial charge in [0.2, 0.25) is 20.0 Å². The van der Waals surface area contributed by atoms with Crippen LogP contribution in [0.3, 0.4) is 0 Å². The number of benzene rings is 2. The second kappa shape index (κ2) is 10.00. The van der Waals surface area contributed by atoms with Gasteiger partial charge in [-0.25, -0.2) is 27.0 Å². The molecule has 0 spiro atoms. The van der Waals surface area contributed by atoms with Crippen LogP contribution in [0.2, 0.25) is 0 Å². The highest BCUT2D eigenvalue weighted by Gasteiger charge is 2.26. The second-order valence-electron chi connectivity index (χ2n) is 6.32. The predicted octanol–water partition coefficient (Wildman–Crippen LogP) is 0.525. The smallest absolute Gasteiger partial charge is 0.261 e. The summed E-state index contributed by atoms with van der Waals surface area (Å²) in [6, 6.07) is 10.2. The van der Waals surface area contributed by atoms with Gasteiger partial charge >= 0.3 is 0 Å². The van der Waals surface area contributed by atoms with Crippen LogP contribution in [0.5, 0.6) is 5.75 Å². The van der Waals surface area contributed by atoms with Gasteiger partial charge in [-0.05, 0) is 49.7 Å². The standard InChI is InChI=1S/C18H23N3O7S2/c1-13-3-7-16(8-4-13)30(26,27)21-17(18(22)20-23)11-12-19-29(24,25)15-9-5-14(28-2)6-10-15/h3-10,17,19,21,23H,11-12H2,1-2H3,(H,20,22). The average molecular weight is 458 g/mol. The van der Waals surface area contributed by atoms with Gasteiger partial charge in [0.25, 0.3) is 5.91 Å². The summed E-state index contributed by atoms with van der Waals surface area (Å²) < 4.78 is 59.1. The van der Waals surface area contributed by atoms with Gasteiger partial charge in [-0.2, -0.15) is 4.72 Å². The number of ether oxygens (including phenoxy) is 1. The molecule has 4 N–H and O–H groups in total. The van der Waals surface area contributed by atoms with Crippen LogP contribution in [-0.4, -0.2) is 47.6 Å². The van der Waals surface area contributed by atoms with Gasteiger partial charge in [0.1, 0.15) is 11.8 Å². The molecule has 0 aliphatic rings. The minimum atomic E-state index is -4.07. The first-order chi connectivity index (χ1) is 14.1. The summed E-state index contributed by atoms with van der Waals surface area (Å²) in [5.74, 6) is -0.534. The molecule has 2 rings (SSSR count). The molecule has 0 aromatic heterocycles. The monoisotopic (exact) mass is 457 g/mol. The normalized spacial score (nSPS) is 12.9. The van der Waals surface area contributed by atoms with E-state index in [0.717, 1.165) is 5.56 Å². The number of carbonyl (C=O) groups is 1. The van der Waals surface area contributed by atoms with Crippen LogP contribution in [0.4, 0.5) is 0 Å². The quantitative estimate of drug-likeness (QED) is 0.300. The van der Waals surface area contributed by atoms with E-state index < -0.39 is 32.0 Å². The van der Waals surface area contributed by atoms with Gasteiger partial charge in [0, 0.05) is 6.54 Å². The molecule has 1 unspecified atom stereocenters. The highest BCUT2D eigenvalue weighted by atomic mass is 32.2. The fraction of sp³-hybridized carbons (Fsp3) is 0.278. The molecule has 10 nitrogen and oxygen atoms in total. The van der Waals surface area contributed by atoms with Crippen molar-refractivity contribution in [3.8, 4) is 5.75 Å². The summed E-state index contributed by atoms with van der Waals surface area (Å²) in [6.07, 6.45) is -0.243. The van der Waals surface area contributed by atoms with Crippen molar-refractivity contribution < 1.29 is 31.6 Å². The zero-order chi connectivity index (χ0) is 22.4. The van der Waals surface area contributed by atoms with Gasteiger partial charge in [-0.1, -0.05) is 17.7 Å². The summed E-state index contributed by atoms with van der Waals surface area (Å²) >= 11 is 0. The van der Waals surface area contributed by atoms with Crippen LogP contribution in [0.25, 0.3) is 0 Å². The van der Waals surface area contributed by atoms with Crippen molar-refractivity contribution in [3.63, 3.8) is 0 Å². The van der Waals surface area contributed by atoms with Gasteiger partial charge in [-0.3, -0.25) is 10.0 Å². The van der Waals surface area contributed by atoms with Crippen LogP contribution in [0, 0.1) is 6.92 Å². The maximum Gasteiger partial charge on any atom is 0.261 e. The molecule has 0 fully saturated rings. The van der Waals surface area contributed by atoms with Crippen molar-refractivity contribution in [2.45, 2.75) is 29.2 Å². The van der Waals surface area contributed by atoms with E-state index in [1.54, 1.807) is 19.1 Å². The molecule has 0 bridgehead atoms. The SMILES string of the molecule is COc1ccc(S(=O)(=O)NCCC(NS(=O)(=O)c2ccc(C)cc2)C(=O)NO)cc1. The van der Waals surface area contributed by atoms with Crippen molar-refractivity contribution in [3.05, 3.63) is 54.1 Å². The Kier molecular flexibility index (Phi) is 7.92. The lowest BCUT2D eigenvalue weighted by Gasteiger charge is -2.17. The summed E-state index contributed by atoms with van der Waals surface area (Å²) in [4.78, 5) is 11.8. The number of carbonyl (C=O) groups excluding carboxylic acids is 1. The summed E-state index contributed by atoms with van der Waals surface area (Å²) in [6.45, 7) is 1.53. The van der Waals surface area contributed by atoms with Crippen molar-refractivity contribution in [2.75, 3.05) is 13.7 Å². The van der Waals surface area contributed by atoms with Crippen LogP contribution in [-0.2, 0) is 24.8 Å². The van der Waals surface area contributed by atoms with Crippen molar-refractivity contribution in [1.29, 1.82) is 0 Å². The first kappa shape index (κ1) is 23.8. The highest BCUT2D eigenvalue weighted by molar-refractivity contribution is 7.89. The zero-order valence-electron chi connectivity index (χ0n) is 16.3. The number of methoxy groups -OCH3 is 1. The van der Waals surface area contributed by atoms with Gasteiger partial charge in [-0.15, -0.1) is 0 Å². The molecule has 0 aliphatic carbocycles. The second-order valence-corrected chi connectivity index (χ2v) is 9.81. The molecular formula is C18H23N3O7S2. The molecule has 1 amide bonds. The van der Waals surface area contributed by atoms with E-state index >= 15 is 0 Å². The Bertz CT molecular complexity index is 1070. The molecule has 2 aromatic carbocycles. The summed E-state index contributed by atoms with van der Waals surface area (Å²) in [5.41, 5.74) is 2.24. The minimum absolute atomic E-state index is 0.0216. The van der Waals surface area contributed by atoms with Crippen molar-refractivity contribution in [1.82, 2.24) is 14.9 Å². The highest BCUT2D eigenvalue weighted by Crippen LogP contribution is 2.15. The van der Waals surface area contributed by atoms with Gasteiger partial charge in [0.15, 0.2) is 0 Å². The van der Waals surface area contributed by atoms with Crippen LogP contribution >= 0.6 is 0 Å². The Balaban J connectivity index is 2.07. The molecule has 30 heavy (non-hydrogen) atoms. The molecular weight excluding hydrogens is 434 g/mol.